The number of aryl methyl sites for hydroxylation is 2. The minimum atomic E-state index is -3.82. The summed E-state index contributed by atoms with van der Waals surface area (Å²) in [5, 5.41) is 0. The van der Waals surface area contributed by atoms with Gasteiger partial charge in [0, 0.05) is 30.0 Å². The highest BCUT2D eigenvalue weighted by molar-refractivity contribution is 9.10. The van der Waals surface area contributed by atoms with Gasteiger partial charge in [0.15, 0.2) is 0 Å². The first-order chi connectivity index (χ1) is 17.9. The Labute approximate surface area is 233 Å². The van der Waals surface area contributed by atoms with E-state index in [-0.39, 0.29) is 23.6 Å². The summed E-state index contributed by atoms with van der Waals surface area (Å²) < 4.78 is 39.2. The van der Waals surface area contributed by atoms with E-state index >= 15 is 0 Å². The van der Waals surface area contributed by atoms with Crippen LogP contribution in [0.5, 0.6) is 0 Å². The van der Waals surface area contributed by atoms with Gasteiger partial charge >= 0.3 is 6.09 Å². The lowest BCUT2D eigenvalue weighted by Crippen LogP contribution is -2.47. The largest absolute Gasteiger partial charge is 0.444 e. The van der Waals surface area contributed by atoms with Crippen molar-refractivity contribution in [3.05, 3.63) is 58.3 Å². The lowest BCUT2D eigenvalue weighted by molar-refractivity contribution is 0.00966. The van der Waals surface area contributed by atoms with Gasteiger partial charge in [-0.1, -0.05) is 33.6 Å². The Hall–Kier alpha value is -2.43. The van der Waals surface area contributed by atoms with Gasteiger partial charge in [-0.15, -0.1) is 0 Å². The summed E-state index contributed by atoms with van der Waals surface area (Å²) >= 11 is 3.53. The number of hydrogen-bond acceptors (Lipinski definition) is 6. The molecule has 0 radical (unpaired) electrons. The number of carbonyl (C=O) groups is 1. The van der Waals surface area contributed by atoms with E-state index in [1.165, 1.54) is 0 Å². The minimum Gasteiger partial charge on any atom is -0.444 e. The lowest BCUT2D eigenvalue weighted by atomic mass is 9.99. The standard InChI is InChI=1S/C28H36BrN3O5S/c1-20-9-12-23(13-10-20)38(34,35)36-17-7-16-32-25-14-11-21(29)18-24(25)30-26(32)19-22-8-5-6-15-31(22)27(33)37-28(2,3)4/h9-14,18,22H,5-8,15-17,19H2,1-4H3. The van der Waals surface area contributed by atoms with Gasteiger partial charge in [0.1, 0.15) is 11.4 Å². The van der Waals surface area contributed by atoms with Gasteiger partial charge in [-0.25, -0.2) is 9.78 Å². The number of ether oxygens (including phenoxy) is 1. The monoisotopic (exact) mass is 605 g/mol. The van der Waals surface area contributed by atoms with Crippen LogP contribution < -0.4 is 0 Å². The highest BCUT2D eigenvalue weighted by Crippen LogP contribution is 2.27. The summed E-state index contributed by atoms with van der Waals surface area (Å²) in [5.74, 6) is 0.861. The zero-order valence-electron chi connectivity index (χ0n) is 22.4. The molecule has 206 valence electrons. The highest BCUT2D eigenvalue weighted by atomic mass is 79.9. The van der Waals surface area contributed by atoms with E-state index in [0.29, 0.717) is 25.9 Å². The van der Waals surface area contributed by atoms with Gasteiger partial charge in [-0.2, -0.15) is 8.42 Å². The maximum atomic E-state index is 13.0. The van der Waals surface area contributed by atoms with Crippen molar-refractivity contribution in [3.63, 3.8) is 0 Å². The zero-order chi connectivity index (χ0) is 27.5. The summed E-state index contributed by atoms with van der Waals surface area (Å²) in [6.45, 7) is 8.79. The third-order valence-electron chi connectivity index (χ3n) is 6.54. The molecule has 38 heavy (non-hydrogen) atoms. The van der Waals surface area contributed by atoms with Gasteiger partial charge in [0.25, 0.3) is 10.1 Å². The van der Waals surface area contributed by atoms with Crippen LogP contribution in [-0.4, -0.2) is 53.8 Å². The lowest BCUT2D eigenvalue weighted by Gasteiger charge is -2.36. The van der Waals surface area contributed by atoms with E-state index in [1.54, 1.807) is 24.3 Å². The molecular weight excluding hydrogens is 570 g/mol. The van der Waals surface area contributed by atoms with Crippen molar-refractivity contribution in [3.8, 4) is 0 Å². The van der Waals surface area contributed by atoms with Crippen LogP contribution in [0.2, 0.25) is 0 Å². The number of likely N-dealkylation sites (tertiary alicyclic amines) is 1. The predicted octanol–water partition coefficient (Wildman–Crippen LogP) is 6.23. The van der Waals surface area contributed by atoms with E-state index in [1.807, 2.05) is 50.8 Å². The number of imidazole rings is 1. The number of aromatic nitrogens is 2. The molecule has 1 aliphatic rings. The maximum Gasteiger partial charge on any atom is 0.410 e. The molecule has 4 rings (SSSR count). The van der Waals surface area contributed by atoms with Crippen LogP contribution in [0.1, 0.15) is 57.8 Å². The summed E-state index contributed by atoms with van der Waals surface area (Å²) in [6, 6.07) is 12.6. The Bertz CT molecular complexity index is 1380. The van der Waals surface area contributed by atoms with Crippen LogP contribution in [-0.2, 0) is 32.0 Å². The van der Waals surface area contributed by atoms with Gasteiger partial charge < -0.3 is 14.2 Å². The van der Waals surface area contributed by atoms with E-state index in [2.05, 4.69) is 20.5 Å². The molecule has 1 atom stereocenters. The minimum absolute atomic E-state index is 0.0178. The van der Waals surface area contributed by atoms with E-state index in [0.717, 1.165) is 46.2 Å². The van der Waals surface area contributed by atoms with Crippen molar-refractivity contribution < 1.29 is 22.1 Å². The second kappa shape index (κ2) is 11.8. The average Bonchev–Trinajstić information content (AvgIpc) is 3.17. The molecule has 2 aromatic carbocycles. The third kappa shape index (κ3) is 7.15. The predicted molar refractivity (Wildman–Crippen MR) is 151 cm³/mol. The van der Waals surface area contributed by atoms with E-state index < -0.39 is 15.7 Å². The Morgan fingerprint density at radius 2 is 1.87 bits per heavy atom. The number of piperidine rings is 1. The second-order valence-electron chi connectivity index (χ2n) is 10.8. The van der Waals surface area contributed by atoms with Gasteiger partial charge in [0.2, 0.25) is 0 Å². The number of halogens is 1. The van der Waals surface area contributed by atoms with Gasteiger partial charge in [-0.3, -0.25) is 4.18 Å². The van der Waals surface area contributed by atoms with Crippen molar-refractivity contribution in [2.75, 3.05) is 13.2 Å². The van der Waals surface area contributed by atoms with Crippen LogP contribution >= 0.6 is 15.9 Å². The number of nitrogens with zero attached hydrogens (tertiary/aromatic N) is 3. The molecule has 3 aromatic rings. The quantitative estimate of drug-likeness (QED) is 0.223. The maximum absolute atomic E-state index is 13.0. The fraction of sp³-hybridized carbons (Fsp3) is 0.500. The first-order valence-corrected chi connectivity index (χ1v) is 15.2. The molecular formula is C28H36BrN3O5S. The first-order valence-electron chi connectivity index (χ1n) is 13.0. The number of carbonyl (C=O) groups excluding carboxylic acids is 1. The summed E-state index contributed by atoms with van der Waals surface area (Å²) in [5.41, 5.74) is 2.24. The molecule has 10 heteroatoms. The van der Waals surface area contributed by atoms with Crippen molar-refractivity contribution in [1.82, 2.24) is 14.5 Å². The number of fused-ring (bicyclic) bond motifs is 1. The molecule has 1 fully saturated rings. The Morgan fingerprint density at radius 1 is 1.13 bits per heavy atom. The van der Waals surface area contributed by atoms with Crippen molar-refractivity contribution >= 4 is 43.2 Å². The molecule has 0 aliphatic carbocycles. The SMILES string of the molecule is Cc1ccc(S(=O)(=O)OCCCn2c(CC3CCCCN3C(=O)OC(C)(C)C)nc3cc(Br)ccc32)cc1. The Kier molecular flexibility index (Phi) is 8.84. The Morgan fingerprint density at radius 3 is 2.58 bits per heavy atom. The first kappa shape index (κ1) is 28.6. The van der Waals surface area contributed by atoms with E-state index in [9.17, 15) is 13.2 Å². The van der Waals surface area contributed by atoms with Crippen LogP contribution in [0.3, 0.4) is 0 Å². The van der Waals surface area contributed by atoms with E-state index in [4.69, 9.17) is 13.9 Å². The summed E-state index contributed by atoms with van der Waals surface area (Å²) in [7, 11) is -3.82. The van der Waals surface area contributed by atoms with Crippen molar-refractivity contribution in [2.24, 2.45) is 0 Å². The third-order valence-corrected chi connectivity index (χ3v) is 8.36. The molecule has 0 spiro atoms. The number of rotatable bonds is 8. The molecule has 1 saturated heterocycles. The normalized spacial score (nSPS) is 16.7. The molecule has 0 bridgehead atoms. The van der Waals surface area contributed by atoms with Crippen LogP contribution in [0.25, 0.3) is 11.0 Å². The average molecular weight is 607 g/mol. The molecule has 0 N–H and O–H groups in total. The fourth-order valence-corrected chi connectivity index (χ4v) is 6.00. The zero-order valence-corrected chi connectivity index (χ0v) is 24.8. The van der Waals surface area contributed by atoms with Crippen LogP contribution in [0, 0.1) is 6.92 Å². The number of hydrogen-bond donors (Lipinski definition) is 0. The van der Waals surface area contributed by atoms with Gasteiger partial charge in [-0.05, 0) is 83.7 Å². The molecule has 1 amide bonds. The van der Waals surface area contributed by atoms with Crippen LogP contribution in [0.4, 0.5) is 4.79 Å². The topological polar surface area (TPSA) is 90.7 Å². The summed E-state index contributed by atoms with van der Waals surface area (Å²) in [6.07, 6.45) is 3.66. The van der Waals surface area contributed by atoms with Gasteiger partial charge in [0.05, 0.1) is 22.5 Å². The van der Waals surface area contributed by atoms with Crippen molar-refractivity contribution in [2.45, 2.75) is 82.9 Å². The fourth-order valence-electron chi connectivity index (χ4n) is 4.71. The smallest absolute Gasteiger partial charge is 0.410 e. The molecule has 1 aliphatic heterocycles. The highest BCUT2D eigenvalue weighted by Gasteiger charge is 2.31. The second-order valence-corrected chi connectivity index (χ2v) is 13.3. The molecule has 8 nitrogen and oxygen atoms in total. The molecule has 0 saturated carbocycles. The Balaban J connectivity index is 1.50. The van der Waals surface area contributed by atoms with Crippen LogP contribution in [0.15, 0.2) is 51.8 Å². The number of amides is 1. The number of benzene rings is 2. The molecule has 1 aromatic heterocycles. The molecule has 1 unspecified atom stereocenters. The van der Waals surface area contributed by atoms with Crippen molar-refractivity contribution in [1.29, 1.82) is 0 Å². The molecule has 2 heterocycles. The summed E-state index contributed by atoms with van der Waals surface area (Å²) in [4.78, 5) is 19.9.